The SMILES string of the molecule is C[C@H](N[S@@](=O)C(C)(C)C)c1cc(=O)n(C)cc1-c1cc(CCNS(=O)O)c(Cl)cc1C(=O)c1ccc(Cl)cc1. The van der Waals surface area contributed by atoms with Crippen LogP contribution in [0.3, 0.4) is 0 Å². The maximum Gasteiger partial charge on any atom is 0.250 e. The molecule has 0 spiro atoms. The number of nitrogens with one attached hydrogen (secondary N) is 2. The van der Waals surface area contributed by atoms with Crippen molar-refractivity contribution in [3.8, 4) is 11.1 Å². The topological polar surface area (TPSA) is 118 Å². The lowest BCUT2D eigenvalue weighted by atomic mass is 9.89. The van der Waals surface area contributed by atoms with Crippen LogP contribution in [0, 0.1) is 0 Å². The molecule has 0 amide bonds. The third-order valence-electron chi connectivity index (χ3n) is 6.01. The van der Waals surface area contributed by atoms with Crippen LogP contribution in [0.5, 0.6) is 0 Å². The standard InChI is InChI=1S/C27H31Cl2N3O5S2/c1-16(31-38(35)27(2,3)4)20-14-25(33)32(5)15-23(20)21-12-18(10-11-30-39(36)37)24(29)13-22(21)26(34)17-6-8-19(28)9-7-17/h6-9,12-16,30-31H,10-11H2,1-5H3,(H,36,37)/t16-,38-/m0/s1. The van der Waals surface area contributed by atoms with E-state index < -0.39 is 33.0 Å². The van der Waals surface area contributed by atoms with E-state index in [0.29, 0.717) is 49.8 Å². The summed E-state index contributed by atoms with van der Waals surface area (Å²) < 4.78 is 39.4. The van der Waals surface area contributed by atoms with Crippen molar-refractivity contribution in [3.63, 3.8) is 0 Å². The van der Waals surface area contributed by atoms with Gasteiger partial charge in [-0.15, -0.1) is 0 Å². The van der Waals surface area contributed by atoms with Crippen LogP contribution in [0.4, 0.5) is 0 Å². The molecule has 3 aromatic rings. The van der Waals surface area contributed by atoms with E-state index in [9.17, 15) is 18.0 Å². The fourth-order valence-corrected chi connectivity index (χ4v) is 5.34. The Morgan fingerprint density at radius 3 is 2.31 bits per heavy atom. The number of benzene rings is 2. The van der Waals surface area contributed by atoms with Gasteiger partial charge in [0.05, 0.1) is 15.7 Å². The molecule has 210 valence electrons. The van der Waals surface area contributed by atoms with Gasteiger partial charge in [0, 0.05) is 58.6 Å². The Morgan fingerprint density at radius 1 is 1.08 bits per heavy atom. The van der Waals surface area contributed by atoms with Crippen molar-refractivity contribution in [2.75, 3.05) is 6.54 Å². The molecular formula is C27H31Cl2N3O5S2. The molecule has 3 atom stereocenters. The summed E-state index contributed by atoms with van der Waals surface area (Å²) in [6.07, 6.45) is 1.94. The highest BCUT2D eigenvalue weighted by Crippen LogP contribution is 2.35. The van der Waals surface area contributed by atoms with Crippen molar-refractivity contribution >= 4 is 51.2 Å². The number of ketones is 1. The summed E-state index contributed by atoms with van der Waals surface area (Å²) in [6, 6.07) is 10.8. The van der Waals surface area contributed by atoms with Gasteiger partial charge >= 0.3 is 0 Å². The molecule has 12 heteroatoms. The molecule has 1 unspecified atom stereocenters. The van der Waals surface area contributed by atoms with E-state index in [1.165, 1.54) is 10.6 Å². The molecule has 0 bridgehead atoms. The fraction of sp³-hybridized carbons (Fsp3) is 0.333. The second kappa shape index (κ2) is 13.0. The number of halogens is 2. The minimum absolute atomic E-state index is 0.162. The van der Waals surface area contributed by atoms with Crippen LogP contribution < -0.4 is 15.0 Å². The molecule has 0 aliphatic rings. The van der Waals surface area contributed by atoms with Crippen molar-refractivity contribution in [3.05, 3.63) is 91.3 Å². The third-order valence-corrected chi connectivity index (χ3v) is 8.75. The average molecular weight is 613 g/mol. The smallest absolute Gasteiger partial charge is 0.250 e. The molecule has 8 nitrogen and oxygen atoms in total. The van der Waals surface area contributed by atoms with Crippen LogP contribution in [-0.4, -0.2) is 34.6 Å². The lowest BCUT2D eigenvalue weighted by Crippen LogP contribution is -2.35. The molecule has 0 saturated carbocycles. The van der Waals surface area contributed by atoms with Crippen LogP contribution in [0.2, 0.25) is 10.0 Å². The first-order valence-corrected chi connectivity index (χ1v) is 15.1. The van der Waals surface area contributed by atoms with Crippen molar-refractivity contribution in [1.29, 1.82) is 0 Å². The minimum Gasteiger partial charge on any atom is -0.318 e. The maximum atomic E-state index is 13.7. The van der Waals surface area contributed by atoms with Gasteiger partial charge in [0.25, 0.3) is 5.56 Å². The highest BCUT2D eigenvalue weighted by molar-refractivity contribution is 7.84. The van der Waals surface area contributed by atoms with Crippen molar-refractivity contribution < 1.29 is 17.8 Å². The van der Waals surface area contributed by atoms with Gasteiger partial charge in [-0.3, -0.25) is 14.1 Å². The molecule has 2 aromatic carbocycles. The zero-order chi connectivity index (χ0) is 29.1. The first-order valence-electron chi connectivity index (χ1n) is 12.0. The van der Waals surface area contributed by atoms with Gasteiger partial charge in [-0.25, -0.2) is 17.9 Å². The number of pyridine rings is 1. The van der Waals surface area contributed by atoms with E-state index in [1.807, 2.05) is 20.8 Å². The molecule has 0 fully saturated rings. The fourth-order valence-electron chi connectivity index (χ4n) is 3.88. The van der Waals surface area contributed by atoms with Crippen LogP contribution in [0.1, 0.15) is 60.8 Å². The quantitative estimate of drug-likeness (QED) is 0.221. The summed E-state index contributed by atoms with van der Waals surface area (Å²) in [5, 5.41) is 0.800. The number of carbonyl (C=O) groups is 1. The van der Waals surface area contributed by atoms with Crippen molar-refractivity contribution in [1.82, 2.24) is 14.0 Å². The molecule has 0 aliphatic heterocycles. The molecule has 0 radical (unpaired) electrons. The number of rotatable bonds is 10. The molecule has 39 heavy (non-hydrogen) atoms. The molecule has 0 saturated heterocycles. The Hall–Kier alpha value is -2.18. The second-order valence-electron chi connectivity index (χ2n) is 10.0. The van der Waals surface area contributed by atoms with E-state index in [4.69, 9.17) is 27.8 Å². The summed E-state index contributed by atoms with van der Waals surface area (Å²) >= 11 is 10.4. The highest BCUT2D eigenvalue weighted by atomic mass is 35.5. The Kier molecular flexibility index (Phi) is 10.4. The van der Waals surface area contributed by atoms with Crippen LogP contribution in [-0.2, 0) is 35.7 Å². The largest absolute Gasteiger partial charge is 0.318 e. The Morgan fingerprint density at radius 2 is 1.72 bits per heavy atom. The van der Waals surface area contributed by atoms with E-state index >= 15 is 0 Å². The Bertz CT molecular complexity index is 1480. The first-order chi connectivity index (χ1) is 18.2. The Balaban J connectivity index is 2.24. The minimum atomic E-state index is -2.19. The monoisotopic (exact) mass is 611 g/mol. The summed E-state index contributed by atoms with van der Waals surface area (Å²) in [5.41, 5.74) is 2.72. The van der Waals surface area contributed by atoms with Crippen LogP contribution >= 0.6 is 23.2 Å². The average Bonchev–Trinajstić information content (AvgIpc) is 2.85. The highest BCUT2D eigenvalue weighted by Gasteiger charge is 2.26. The number of carbonyl (C=O) groups excluding carboxylic acids is 1. The zero-order valence-corrected chi connectivity index (χ0v) is 25.4. The van der Waals surface area contributed by atoms with Gasteiger partial charge in [-0.1, -0.05) is 23.2 Å². The summed E-state index contributed by atoms with van der Waals surface area (Å²) in [6.45, 7) is 7.50. The molecule has 1 heterocycles. The molecular weight excluding hydrogens is 581 g/mol. The predicted molar refractivity (Wildman–Crippen MR) is 159 cm³/mol. The van der Waals surface area contributed by atoms with Gasteiger partial charge in [0.1, 0.15) is 0 Å². The number of aryl methyl sites for hydroxylation is 1. The van der Waals surface area contributed by atoms with Gasteiger partial charge in [0.15, 0.2) is 5.78 Å². The molecule has 3 N–H and O–H groups in total. The number of hydrogen-bond acceptors (Lipinski definition) is 4. The van der Waals surface area contributed by atoms with Gasteiger partial charge in [0.2, 0.25) is 11.3 Å². The first kappa shape index (κ1) is 31.3. The van der Waals surface area contributed by atoms with Gasteiger partial charge in [-0.2, -0.15) is 0 Å². The maximum absolute atomic E-state index is 13.7. The van der Waals surface area contributed by atoms with Gasteiger partial charge < -0.3 is 4.57 Å². The second-order valence-corrected chi connectivity index (χ2v) is 13.7. The van der Waals surface area contributed by atoms with Crippen LogP contribution in [0.15, 0.2) is 53.5 Å². The van der Waals surface area contributed by atoms with E-state index in [1.54, 1.807) is 56.6 Å². The zero-order valence-electron chi connectivity index (χ0n) is 22.2. The van der Waals surface area contributed by atoms with Crippen molar-refractivity contribution in [2.24, 2.45) is 7.05 Å². The van der Waals surface area contributed by atoms with Crippen LogP contribution in [0.25, 0.3) is 11.1 Å². The lowest BCUT2D eigenvalue weighted by molar-refractivity contribution is 0.103. The Labute approximate surface area is 243 Å². The van der Waals surface area contributed by atoms with Crippen molar-refractivity contribution in [2.45, 2.75) is 44.9 Å². The summed E-state index contributed by atoms with van der Waals surface area (Å²) in [7, 11) is 0.182. The predicted octanol–water partition coefficient (Wildman–Crippen LogP) is 4.97. The van der Waals surface area contributed by atoms with E-state index in [2.05, 4.69) is 9.44 Å². The summed E-state index contributed by atoms with van der Waals surface area (Å²) in [5.74, 6) is -0.302. The molecule has 1 aromatic heterocycles. The lowest BCUT2D eigenvalue weighted by Gasteiger charge is -2.24. The van der Waals surface area contributed by atoms with E-state index in [-0.39, 0.29) is 17.9 Å². The normalized spacial score (nSPS) is 14.2. The third kappa shape index (κ3) is 7.94. The summed E-state index contributed by atoms with van der Waals surface area (Å²) in [4.78, 5) is 26.4. The molecule has 0 aliphatic carbocycles. The van der Waals surface area contributed by atoms with E-state index in [0.717, 1.165) is 0 Å². The molecule has 3 rings (SSSR count). The number of nitrogens with zero attached hydrogens (tertiary/aromatic N) is 1. The number of hydrogen-bond donors (Lipinski definition) is 3. The number of aromatic nitrogens is 1. The van der Waals surface area contributed by atoms with Gasteiger partial charge in [-0.05, 0) is 87.2 Å².